The van der Waals surface area contributed by atoms with Crippen LogP contribution in [0.4, 0.5) is 4.39 Å². The Morgan fingerprint density at radius 3 is 2.72 bits per heavy atom. The molecule has 0 N–H and O–H groups in total. The summed E-state index contributed by atoms with van der Waals surface area (Å²) >= 11 is 5.77. The highest BCUT2D eigenvalue weighted by atomic mass is 35.5. The van der Waals surface area contributed by atoms with Crippen molar-refractivity contribution in [1.29, 1.82) is 0 Å². The van der Waals surface area contributed by atoms with E-state index in [4.69, 9.17) is 16.3 Å². The van der Waals surface area contributed by atoms with Gasteiger partial charge in [0.05, 0.1) is 0 Å². The van der Waals surface area contributed by atoms with E-state index in [9.17, 15) is 4.39 Å². The minimum atomic E-state index is -0.406. The first-order valence-electron chi connectivity index (χ1n) is 5.56. The summed E-state index contributed by atoms with van der Waals surface area (Å²) in [7, 11) is 0. The lowest BCUT2D eigenvalue weighted by atomic mass is 10.2. The zero-order chi connectivity index (χ0) is 13.1. The second kappa shape index (κ2) is 5.36. The molecule has 0 aliphatic carbocycles. The lowest BCUT2D eigenvalue weighted by Gasteiger charge is -2.08. The van der Waals surface area contributed by atoms with Gasteiger partial charge in [0.1, 0.15) is 0 Å². The molecular weight excluding hydrogens is 253 g/mol. The first kappa shape index (κ1) is 12.8. The molecule has 18 heavy (non-hydrogen) atoms. The van der Waals surface area contributed by atoms with Crippen molar-refractivity contribution in [1.82, 2.24) is 4.98 Å². The summed E-state index contributed by atoms with van der Waals surface area (Å²) in [5, 5.41) is 0. The average Bonchev–Trinajstić information content (AvgIpc) is 2.33. The van der Waals surface area contributed by atoms with Crippen LogP contribution in [0.5, 0.6) is 11.6 Å². The van der Waals surface area contributed by atoms with Crippen LogP contribution in [0.25, 0.3) is 0 Å². The fourth-order valence-corrected chi connectivity index (χ4v) is 1.79. The van der Waals surface area contributed by atoms with Gasteiger partial charge in [-0.3, -0.25) is 0 Å². The van der Waals surface area contributed by atoms with E-state index >= 15 is 0 Å². The van der Waals surface area contributed by atoms with Gasteiger partial charge in [-0.15, -0.1) is 11.6 Å². The number of hydrogen-bond donors (Lipinski definition) is 0. The van der Waals surface area contributed by atoms with Crippen molar-refractivity contribution in [2.75, 3.05) is 0 Å². The largest absolute Gasteiger partial charge is 0.436 e. The SMILES string of the molecule is Cc1ccc(F)c(Oc2cc(CCl)cc(C)n2)c1. The van der Waals surface area contributed by atoms with Gasteiger partial charge in [-0.05, 0) is 43.2 Å². The van der Waals surface area contributed by atoms with Gasteiger partial charge in [0.2, 0.25) is 5.88 Å². The maximum Gasteiger partial charge on any atom is 0.219 e. The molecule has 0 radical (unpaired) electrons. The first-order chi connectivity index (χ1) is 8.58. The Balaban J connectivity index is 2.33. The smallest absolute Gasteiger partial charge is 0.219 e. The molecule has 2 nitrogen and oxygen atoms in total. The van der Waals surface area contributed by atoms with Crippen LogP contribution in [0.3, 0.4) is 0 Å². The number of halogens is 2. The predicted molar refractivity (Wildman–Crippen MR) is 69.7 cm³/mol. The lowest BCUT2D eigenvalue weighted by molar-refractivity contribution is 0.426. The highest BCUT2D eigenvalue weighted by Crippen LogP contribution is 2.25. The zero-order valence-electron chi connectivity index (χ0n) is 10.2. The molecule has 1 aromatic carbocycles. The van der Waals surface area contributed by atoms with E-state index in [0.717, 1.165) is 16.8 Å². The Kier molecular flexibility index (Phi) is 3.82. The van der Waals surface area contributed by atoms with Gasteiger partial charge in [-0.2, -0.15) is 0 Å². The summed E-state index contributed by atoms with van der Waals surface area (Å²) in [6.07, 6.45) is 0. The number of alkyl halides is 1. The Labute approximate surface area is 110 Å². The minimum Gasteiger partial charge on any atom is -0.436 e. The molecule has 0 amide bonds. The third-order valence-electron chi connectivity index (χ3n) is 2.45. The van der Waals surface area contributed by atoms with Gasteiger partial charge < -0.3 is 4.74 Å². The normalized spacial score (nSPS) is 10.4. The molecule has 0 saturated carbocycles. The standard InChI is InChI=1S/C14H13ClFNO/c1-9-3-4-12(16)13(5-9)18-14-7-11(8-15)6-10(2)17-14/h3-7H,8H2,1-2H3. The minimum absolute atomic E-state index is 0.175. The Morgan fingerprint density at radius 2 is 2.00 bits per heavy atom. The lowest BCUT2D eigenvalue weighted by Crippen LogP contribution is -1.94. The number of benzene rings is 1. The van der Waals surface area contributed by atoms with Crippen molar-refractivity contribution in [2.24, 2.45) is 0 Å². The van der Waals surface area contributed by atoms with Gasteiger partial charge >= 0.3 is 0 Å². The Hall–Kier alpha value is -1.61. The molecule has 0 aliphatic heterocycles. The van der Waals surface area contributed by atoms with Crippen molar-refractivity contribution in [2.45, 2.75) is 19.7 Å². The molecule has 0 unspecified atom stereocenters. The van der Waals surface area contributed by atoms with Crippen LogP contribution in [-0.4, -0.2) is 4.98 Å². The van der Waals surface area contributed by atoms with Crippen LogP contribution in [0, 0.1) is 19.7 Å². The first-order valence-corrected chi connectivity index (χ1v) is 6.09. The summed E-state index contributed by atoms with van der Waals surface area (Å²) < 4.78 is 19.0. The van der Waals surface area contributed by atoms with E-state index in [-0.39, 0.29) is 5.75 Å². The van der Waals surface area contributed by atoms with Crippen LogP contribution in [0.15, 0.2) is 30.3 Å². The molecule has 0 fully saturated rings. The molecule has 0 saturated heterocycles. The fourth-order valence-electron chi connectivity index (χ4n) is 1.64. The number of ether oxygens (including phenoxy) is 1. The number of hydrogen-bond acceptors (Lipinski definition) is 2. The third kappa shape index (κ3) is 2.99. The number of aryl methyl sites for hydroxylation is 2. The molecular formula is C14H13ClFNO. The Bertz CT molecular complexity index is 572. The van der Waals surface area contributed by atoms with E-state index < -0.39 is 5.82 Å². The topological polar surface area (TPSA) is 22.1 Å². The second-order valence-corrected chi connectivity index (χ2v) is 4.39. The van der Waals surface area contributed by atoms with Crippen molar-refractivity contribution < 1.29 is 9.13 Å². The number of pyridine rings is 1. The Morgan fingerprint density at radius 1 is 1.22 bits per heavy atom. The van der Waals surface area contributed by atoms with E-state index in [1.54, 1.807) is 18.2 Å². The number of rotatable bonds is 3. The van der Waals surface area contributed by atoms with Crippen LogP contribution in [-0.2, 0) is 5.88 Å². The number of aromatic nitrogens is 1. The van der Waals surface area contributed by atoms with Gasteiger partial charge in [0, 0.05) is 17.6 Å². The quantitative estimate of drug-likeness (QED) is 0.769. The molecule has 0 spiro atoms. The summed E-state index contributed by atoms with van der Waals surface area (Å²) in [6, 6.07) is 8.28. The van der Waals surface area contributed by atoms with Crippen LogP contribution < -0.4 is 4.74 Å². The molecule has 4 heteroatoms. The molecule has 0 bridgehead atoms. The average molecular weight is 266 g/mol. The van der Waals surface area contributed by atoms with Gasteiger partial charge in [0.15, 0.2) is 11.6 Å². The maximum atomic E-state index is 13.6. The monoisotopic (exact) mass is 265 g/mol. The molecule has 94 valence electrons. The van der Waals surface area contributed by atoms with E-state index in [1.807, 2.05) is 19.9 Å². The van der Waals surface area contributed by atoms with Crippen molar-refractivity contribution in [3.05, 3.63) is 53.0 Å². The van der Waals surface area contributed by atoms with Crippen LogP contribution in [0.1, 0.15) is 16.8 Å². The van der Waals surface area contributed by atoms with Crippen molar-refractivity contribution in [3.8, 4) is 11.6 Å². The zero-order valence-corrected chi connectivity index (χ0v) is 11.0. The third-order valence-corrected chi connectivity index (χ3v) is 2.75. The van der Waals surface area contributed by atoms with Crippen molar-refractivity contribution >= 4 is 11.6 Å². The fraction of sp³-hybridized carbons (Fsp3) is 0.214. The van der Waals surface area contributed by atoms with Crippen LogP contribution in [0.2, 0.25) is 0 Å². The summed E-state index contributed by atoms with van der Waals surface area (Å²) in [4.78, 5) is 4.20. The number of nitrogens with zero attached hydrogens (tertiary/aromatic N) is 1. The molecule has 0 aliphatic rings. The van der Waals surface area contributed by atoms with E-state index in [0.29, 0.717) is 11.8 Å². The van der Waals surface area contributed by atoms with Crippen LogP contribution >= 0.6 is 11.6 Å². The van der Waals surface area contributed by atoms with Gasteiger partial charge in [-0.25, -0.2) is 9.37 Å². The maximum absolute atomic E-state index is 13.6. The summed E-state index contributed by atoms with van der Waals surface area (Å²) in [6.45, 7) is 3.72. The van der Waals surface area contributed by atoms with Gasteiger partial charge in [0.25, 0.3) is 0 Å². The molecule has 2 rings (SSSR count). The molecule has 0 atom stereocenters. The van der Waals surface area contributed by atoms with E-state index in [1.165, 1.54) is 6.07 Å². The second-order valence-electron chi connectivity index (χ2n) is 4.12. The van der Waals surface area contributed by atoms with Crippen molar-refractivity contribution in [3.63, 3.8) is 0 Å². The van der Waals surface area contributed by atoms with Gasteiger partial charge in [-0.1, -0.05) is 6.07 Å². The summed E-state index contributed by atoms with van der Waals surface area (Å²) in [5.74, 6) is 0.496. The molecule has 1 aromatic heterocycles. The highest BCUT2D eigenvalue weighted by Gasteiger charge is 2.07. The highest BCUT2D eigenvalue weighted by molar-refractivity contribution is 6.17. The summed E-state index contributed by atoms with van der Waals surface area (Å²) in [5.41, 5.74) is 2.61. The molecule has 2 aromatic rings. The predicted octanol–water partition coefficient (Wildman–Crippen LogP) is 4.37. The van der Waals surface area contributed by atoms with E-state index in [2.05, 4.69) is 4.98 Å². The molecule has 1 heterocycles.